The molecule has 0 saturated carbocycles. The Hall–Kier alpha value is 0.170. The van der Waals surface area contributed by atoms with Crippen LogP contribution in [0.25, 0.3) is 0 Å². The first kappa shape index (κ1) is 12.8. The van der Waals surface area contributed by atoms with Crippen LogP contribution in [0.4, 0.5) is 0 Å². The summed E-state index contributed by atoms with van der Waals surface area (Å²) in [5, 5.41) is 8.47. The molecule has 0 aromatic carbocycles. The van der Waals surface area contributed by atoms with Gasteiger partial charge in [0.1, 0.15) is 0 Å². The summed E-state index contributed by atoms with van der Waals surface area (Å²) in [5.41, 5.74) is 0. The molecule has 0 rings (SSSR count). The molecule has 4 heteroatoms. The van der Waals surface area contributed by atoms with E-state index in [1.165, 1.54) is 0 Å². The van der Waals surface area contributed by atoms with Crippen LogP contribution in [0.3, 0.4) is 0 Å². The second-order valence-electron chi connectivity index (χ2n) is 2.86. The quantitative estimate of drug-likeness (QED) is 0.378. The molecule has 0 spiro atoms. The molecule has 0 aromatic rings. The van der Waals surface area contributed by atoms with E-state index >= 15 is 0 Å². The minimum absolute atomic E-state index is 0. The summed E-state index contributed by atoms with van der Waals surface area (Å²) in [6, 6.07) is 0.611. The molecule has 2 N–H and O–H groups in total. The van der Waals surface area contributed by atoms with Gasteiger partial charge in [0, 0.05) is 13.0 Å². The molecule has 0 heterocycles. The zero-order valence-electron chi connectivity index (χ0n) is 6.55. The average molecular weight is 170 g/mol. The Balaban J connectivity index is 0. The first-order chi connectivity index (χ1) is 4.12. The van der Waals surface area contributed by atoms with Crippen LogP contribution in [0.5, 0.6) is 0 Å². The van der Waals surface area contributed by atoms with Crippen LogP contribution in [0.15, 0.2) is 0 Å². The van der Waals surface area contributed by atoms with Gasteiger partial charge in [-0.05, 0) is 0 Å². The maximum Gasteiger partial charge on any atom is 0.154 e. The summed E-state index contributed by atoms with van der Waals surface area (Å²) in [4.78, 5) is 0. The van der Waals surface area contributed by atoms with Crippen molar-refractivity contribution in [1.82, 2.24) is 0 Å². The highest BCUT2D eigenvalue weighted by molar-refractivity contribution is 6.16. The van der Waals surface area contributed by atoms with Gasteiger partial charge in [0.15, 0.2) is 6.00 Å². The highest BCUT2D eigenvalue weighted by atomic mass is 35.5. The SMILES string of the molecule is C[N+](C)(CCl)CCCO.[OH-]. The van der Waals surface area contributed by atoms with Gasteiger partial charge in [-0.25, -0.2) is 0 Å². The Labute approximate surface area is 67.1 Å². The number of hydrogen-bond donors (Lipinski definition) is 1. The van der Waals surface area contributed by atoms with Gasteiger partial charge in [0.25, 0.3) is 0 Å². The molecule has 3 nitrogen and oxygen atoms in total. The van der Waals surface area contributed by atoms with Crippen LogP contribution < -0.4 is 0 Å². The average Bonchev–Trinajstić information content (AvgIpc) is 1.84. The van der Waals surface area contributed by atoms with Gasteiger partial charge < -0.3 is 15.1 Å². The zero-order valence-corrected chi connectivity index (χ0v) is 7.30. The van der Waals surface area contributed by atoms with Crippen LogP contribution in [-0.2, 0) is 0 Å². The molecule has 0 aliphatic carbocycles. The fourth-order valence-electron chi connectivity index (χ4n) is 0.559. The van der Waals surface area contributed by atoms with Crippen molar-refractivity contribution in [3.05, 3.63) is 0 Å². The van der Waals surface area contributed by atoms with E-state index in [9.17, 15) is 0 Å². The van der Waals surface area contributed by atoms with Gasteiger partial charge in [0.2, 0.25) is 0 Å². The van der Waals surface area contributed by atoms with E-state index in [0.717, 1.165) is 17.4 Å². The minimum atomic E-state index is 0. The Morgan fingerprint density at radius 3 is 2.20 bits per heavy atom. The van der Waals surface area contributed by atoms with Crippen LogP contribution in [0.1, 0.15) is 6.42 Å². The molecule has 0 unspecified atom stereocenters. The molecule has 0 aliphatic rings. The number of rotatable bonds is 4. The van der Waals surface area contributed by atoms with Crippen LogP contribution in [0, 0.1) is 0 Å². The lowest BCUT2D eigenvalue weighted by atomic mass is 10.4. The van der Waals surface area contributed by atoms with E-state index in [2.05, 4.69) is 0 Å². The van der Waals surface area contributed by atoms with Gasteiger partial charge in [0.05, 0.1) is 20.6 Å². The molecule has 0 bridgehead atoms. The van der Waals surface area contributed by atoms with Crippen molar-refractivity contribution in [2.75, 3.05) is 33.3 Å². The largest absolute Gasteiger partial charge is 0.870 e. The molecule has 0 saturated heterocycles. The summed E-state index contributed by atoms with van der Waals surface area (Å²) >= 11 is 5.62. The third-order valence-electron chi connectivity index (χ3n) is 1.25. The molecule has 10 heavy (non-hydrogen) atoms. The van der Waals surface area contributed by atoms with E-state index in [1.54, 1.807) is 0 Å². The standard InChI is InChI=1S/C6H15ClNO.H2O/c1-8(2,6-7)4-3-5-9;/h9H,3-6H2,1-2H3;1H2/q+1;/p-1. The number of halogens is 1. The van der Waals surface area contributed by atoms with Crippen molar-refractivity contribution >= 4 is 11.6 Å². The number of quaternary nitrogens is 1. The second kappa shape index (κ2) is 5.92. The Kier molecular flexibility index (Phi) is 7.58. The Morgan fingerprint density at radius 2 is 1.90 bits per heavy atom. The van der Waals surface area contributed by atoms with Crippen LogP contribution in [0.2, 0.25) is 0 Å². The molecular formula is C6H16ClNO2. The fourth-order valence-corrected chi connectivity index (χ4v) is 0.678. The molecule has 0 radical (unpaired) electrons. The molecule has 0 amide bonds. The fraction of sp³-hybridized carbons (Fsp3) is 1.00. The highest BCUT2D eigenvalue weighted by Gasteiger charge is 2.10. The monoisotopic (exact) mass is 169 g/mol. The predicted molar refractivity (Wildman–Crippen MR) is 41.3 cm³/mol. The van der Waals surface area contributed by atoms with Gasteiger partial charge in [-0.2, -0.15) is 0 Å². The number of nitrogens with zero attached hydrogens (tertiary/aromatic N) is 1. The third kappa shape index (κ3) is 6.29. The van der Waals surface area contributed by atoms with Crippen molar-refractivity contribution in [3.8, 4) is 0 Å². The first-order valence-corrected chi connectivity index (χ1v) is 3.64. The molecule has 0 atom stereocenters. The van der Waals surface area contributed by atoms with Crippen LogP contribution in [-0.4, -0.2) is 48.3 Å². The number of hydrogen-bond acceptors (Lipinski definition) is 2. The summed E-state index contributed by atoms with van der Waals surface area (Å²) in [6.45, 7) is 1.21. The van der Waals surface area contributed by atoms with Crippen LogP contribution >= 0.6 is 11.6 Å². The summed E-state index contributed by atoms with van der Waals surface area (Å²) in [6.07, 6.45) is 0.833. The molecule has 0 aliphatic heterocycles. The molecule has 0 aromatic heterocycles. The van der Waals surface area contributed by atoms with E-state index in [0.29, 0.717) is 6.00 Å². The van der Waals surface area contributed by atoms with E-state index in [1.807, 2.05) is 14.1 Å². The van der Waals surface area contributed by atoms with E-state index < -0.39 is 0 Å². The summed E-state index contributed by atoms with van der Waals surface area (Å²) in [5.74, 6) is 0. The van der Waals surface area contributed by atoms with Crippen molar-refractivity contribution in [2.45, 2.75) is 6.42 Å². The minimum Gasteiger partial charge on any atom is -0.870 e. The summed E-state index contributed by atoms with van der Waals surface area (Å²) < 4.78 is 0.780. The normalized spacial score (nSPS) is 10.8. The number of aliphatic hydroxyl groups excluding tert-OH is 1. The lowest BCUT2D eigenvalue weighted by Gasteiger charge is -2.26. The number of alkyl halides is 1. The lowest BCUT2D eigenvalue weighted by molar-refractivity contribution is -0.879. The van der Waals surface area contributed by atoms with Gasteiger partial charge in [-0.1, -0.05) is 11.6 Å². The highest BCUT2D eigenvalue weighted by Crippen LogP contribution is 1.99. The van der Waals surface area contributed by atoms with Crippen molar-refractivity contribution in [3.63, 3.8) is 0 Å². The Morgan fingerprint density at radius 1 is 1.40 bits per heavy atom. The van der Waals surface area contributed by atoms with E-state index in [-0.39, 0.29) is 12.1 Å². The van der Waals surface area contributed by atoms with Gasteiger partial charge >= 0.3 is 0 Å². The maximum absolute atomic E-state index is 8.47. The second-order valence-corrected chi connectivity index (χ2v) is 3.10. The topological polar surface area (TPSA) is 50.2 Å². The van der Waals surface area contributed by atoms with Crippen molar-refractivity contribution in [1.29, 1.82) is 0 Å². The smallest absolute Gasteiger partial charge is 0.154 e. The number of aliphatic hydroxyl groups is 1. The van der Waals surface area contributed by atoms with E-state index in [4.69, 9.17) is 16.7 Å². The predicted octanol–water partition coefficient (Wildman–Crippen LogP) is 0.465. The molecule has 0 fully saturated rings. The summed E-state index contributed by atoms with van der Waals surface area (Å²) in [7, 11) is 4.09. The third-order valence-corrected chi connectivity index (χ3v) is 1.89. The van der Waals surface area contributed by atoms with Crippen molar-refractivity contribution < 1.29 is 15.1 Å². The first-order valence-electron chi connectivity index (χ1n) is 3.11. The Bertz CT molecular complexity index is 78.1. The maximum atomic E-state index is 8.47. The molecular weight excluding hydrogens is 154 g/mol. The zero-order chi connectivity index (χ0) is 7.33. The van der Waals surface area contributed by atoms with Gasteiger partial charge in [-0.15, -0.1) is 0 Å². The van der Waals surface area contributed by atoms with Gasteiger partial charge in [-0.3, -0.25) is 0 Å². The van der Waals surface area contributed by atoms with Crippen molar-refractivity contribution in [2.24, 2.45) is 0 Å². The molecule has 64 valence electrons. The lowest BCUT2D eigenvalue weighted by Crippen LogP contribution is -2.39.